The van der Waals surface area contributed by atoms with Gasteiger partial charge in [0.15, 0.2) is 11.5 Å². The minimum absolute atomic E-state index is 0.705. The zero-order valence-corrected chi connectivity index (χ0v) is 10.3. The van der Waals surface area contributed by atoms with E-state index in [4.69, 9.17) is 16.0 Å². The number of halogens is 1. The van der Waals surface area contributed by atoms with Gasteiger partial charge in [0, 0.05) is 18.0 Å². The number of likely N-dealkylation sites (N-methyl/N-ethyl adjacent to an activating group) is 1. The van der Waals surface area contributed by atoms with Gasteiger partial charge in [0.05, 0.1) is 0 Å². The minimum atomic E-state index is 0.705. The van der Waals surface area contributed by atoms with Gasteiger partial charge >= 0.3 is 0 Å². The van der Waals surface area contributed by atoms with E-state index in [0.717, 1.165) is 42.1 Å². The van der Waals surface area contributed by atoms with Crippen LogP contribution in [0, 0.1) is 6.92 Å². The summed E-state index contributed by atoms with van der Waals surface area (Å²) in [5.41, 5.74) is 2.72. The molecule has 3 nitrogen and oxygen atoms in total. The summed E-state index contributed by atoms with van der Waals surface area (Å²) in [6, 6.07) is 3.73. The van der Waals surface area contributed by atoms with E-state index in [1.165, 1.54) is 0 Å². The average Bonchev–Trinajstić information content (AvgIpc) is 2.61. The van der Waals surface area contributed by atoms with E-state index in [9.17, 15) is 0 Å². The molecule has 0 spiro atoms. The molecule has 0 aliphatic rings. The predicted octanol–water partition coefficient (Wildman–Crippen LogP) is 2.94. The van der Waals surface area contributed by atoms with Crippen LogP contribution in [0.15, 0.2) is 16.5 Å². The molecule has 0 aliphatic heterocycles. The van der Waals surface area contributed by atoms with Crippen molar-refractivity contribution in [1.82, 2.24) is 10.3 Å². The van der Waals surface area contributed by atoms with E-state index in [0.29, 0.717) is 5.02 Å². The van der Waals surface area contributed by atoms with Crippen LogP contribution in [0.1, 0.15) is 18.4 Å². The van der Waals surface area contributed by atoms with E-state index in [1.54, 1.807) is 0 Å². The third kappa shape index (κ3) is 2.36. The number of fused-ring (bicyclic) bond motifs is 1. The Labute approximate surface area is 99.8 Å². The van der Waals surface area contributed by atoms with Crippen molar-refractivity contribution in [2.45, 2.75) is 20.3 Å². The van der Waals surface area contributed by atoms with Gasteiger partial charge in [0.25, 0.3) is 0 Å². The molecule has 1 heterocycles. The smallest absolute Gasteiger partial charge is 0.196 e. The molecule has 2 aromatic rings. The first-order valence-corrected chi connectivity index (χ1v) is 5.84. The molecule has 0 saturated carbocycles. The summed E-state index contributed by atoms with van der Waals surface area (Å²) in [5, 5.41) is 3.95. The predicted molar refractivity (Wildman–Crippen MR) is 66.0 cm³/mol. The number of hydrogen-bond donors (Lipinski definition) is 1. The van der Waals surface area contributed by atoms with Crippen LogP contribution in [0.2, 0.25) is 5.02 Å². The van der Waals surface area contributed by atoms with Crippen molar-refractivity contribution in [1.29, 1.82) is 0 Å². The van der Waals surface area contributed by atoms with Crippen LogP contribution in [0.3, 0.4) is 0 Å². The summed E-state index contributed by atoms with van der Waals surface area (Å²) in [6.07, 6.45) is 0.805. The third-order valence-corrected chi connectivity index (χ3v) is 2.67. The maximum absolute atomic E-state index is 5.97. The summed E-state index contributed by atoms with van der Waals surface area (Å²) in [7, 11) is 0. The number of aromatic nitrogens is 1. The Kier molecular flexibility index (Phi) is 3.46. The molecular formula is C12H15ClN2O. The highest BCUT2D eigenvalue weighted by atomic mass is 35.5. The van der Waals surface area contributed by atoms with E-state index in [-0.39, 0.29) is 0 Å². The molecule has 4 heteroatoms. The lowest BCUT2D eigenvalue weighted by Gasteiger charge is -1.96. The second kappa shape index (κ2) is 4.85. The molecule has 1 aromatic heterocycles. The molecule has 16 heavy (non-hydrogen) atoms. The number of hydrogen-bond acceptors (Lipinski definition) is 3. The highest BCUT2D eigenvalue weighted by molar-refractivity contribution is 6.31. The Morgan fingerprint density at radius 2 is 2.25 bits per heavy atom. The third-order valence-electron chi connectivity index (χ3n) is 2.45. The summed E-state index contributed by atoms with van der Waals surface area (Å²) < 4.78 is 5.69. The monoisotopic (exact) mass is 238 g/mol. The second-order valence-electron chi connectivity index (χ2n) is 3.78. The summed E-state index contributed by atoms with van der Waals surface area (Å²) in [5.74, 6) is 0.765. The van der Waals surface area contributed by atoms with Gasteiger partial charge in [-0.3, -0.25) is 0 Å². The van der Waals surface area contributed by atoms with Crippen LogP contribution >= 0.6 is 11.6 Å². The lowest BCUT2D eigenvalue weighted by Crippen LogP contribution is -2.16. The van der Waals surface area contributed by atoms with Gasteiger partial charge in [-0.1, -0.05) is 18.5 Å². The maximum atomic E-state index is 5.97. The average molecular weight is 239 g/mol. The molecule has 86 valence electrons. The van der Waals surface area contributed by atoms with Crippen molar-refractivity contribution < 1.29 is 4.42 Å². The number of rotatable bonds is 4. The molecule has 0 unspecified atom stereocenters. The van der Waals surface area contributed by atoms with Gasteiger partial charge in [-0.2, -0.15) is 0 Å². The van der Waals surface area contributed by atoms with E-state index in [2.05, 4.69) is 17.2 Å². The van der Waals surface area contributed by atoms with Gasteiger partial charge in [-0.05, 0) is 31.2 Å². The van der Waals surface area contributed by atoms with Crippen molar-refractivity contribution >= 4 is 22.7 Å². The number of oxazole rings is 1. The Balaban J connectivity index is 2.26. The standard InChI is InChI=1S/C12H15ClN2O/c1-3-14-5-4-11-15-10-7-9(13)6-8(2)12(10)16-11/h6-7,14H,3-5H2,1-2H3. The zero-order valence-electron chi connectivity index (χ0n) is 9.51. The van der Waals surface area contributed by atoms with Gasteiger partial charge in [-0.15, -0.1) is 0 Å². The fourth-order valence-electron chi connectivity index (χ4n) is 1.68. The van der Waals surface area contributed by atoms with Crippen LogP contribution in [0.25, 0.3) is 11.1 Å². The molecule has 0 saturated heterocycles. The molecule has 2 rings (SSSR count). The lowest BCUT2D eigenvalue weighted by atomic mass is 10.2. The van der Waals surface area contributed by atoms with Crippen molar-refractivity contribution in [2.75, 3.05) is 13.1 Å². The molecule has 1 N–H and O–H groups in total. The molecule has 0 amide bonds. The van der Waals surface area contributed by atoms with Crippen LogP contribution in [-0.2, 0) is 6.42 Å². The van der Waals surface area contributed by atoms with Crippen molar-refractivity contribution in [3.63, 3.8) is 0 Å². The van der Waals surface area contributed by atoms with Gasteiger partial charge in [0.1, 0.15) is 5.52 Å². The van der Waals surface area contributed by atoms with Crippen LogP contribution < -0.4 is 5.32 Å². The largest absolute Gasteiger partial charge is 0.440 e. The number of nitrogens with one attached hydrogen (secondary N) is 1. The van der Waals surface area contributed by atoms with Crippen molar-refractivity contribution in [3.8, 4) is 0 Å². The number of benzene rings is 1. The maximum Gasteiger partial charge on any atom is 0.196 e. The summed E-state index contributed by atoms with van der Waals surface area (Å²) in [6.45, 7) is 5.91. The van der Waals surface area contributed by atoms with Gasteiger partial charge in [0.2, 0.25) is 0 Å². The topological polar surface area (TPSA) is 38.1 Å². The lowest BCUT2D eigenvalue weighted by molar-refractivity contribution is 0.516. The molecule has 0 bridgehead atoms. The highest BCUT2D eigenvalue weighted by Crippen LogP contribution is 2.24. The zero-order chi connectivity index (χ0) is 11.5. The van der Waals surface area contributed by atoms with Crippen molar-refractivity contribution in [2.24, 2.45) is 0 Å². The van der Waals surface area contributed by atoms with Crippen LogP contribution in [-0.4, -0.2) is 18.1 Å². The molecule has 0 fully saturated rings. The van der Waals surface area contributed by atoms with Crippen molar-refractivity contribution in [3.05, 3.63) is 28.6 Å². The molecule has 0 atom stereocenters. The highest BCUT2D eigenvalue weighted by Gasteiger charge is 2.08. The quantitative estimate of drug-likeness (QED) is 0.833. The number of aryl methyl sites for hydroxylation is 1. The van der Waals surface area contributed by atoms with Gasteiger partial charge in [-0.25, -0.2) is 4.98 Å². The second-order valence-corrected chi connectivity index (χ2v) is 4.22. The van der Waals surface area contributed by atoms with Crippen LogP contribution in [0.4, 0.5) is 0 Å². The van der Waals surface area contributed by atoms with E-state index >= 15 is 0 Å². The van der Waals surface area contributed by atoms with E-state index in [1.807, 2.05) is 19.1 Å². The Bertz CT molecular complexity index is 493. The fraction of sp³-hybridized carbons (Fsp3) is 0.417. The molecular weight excluding hydrogens is 224 g/mol. The Morgan fingerprint density at radius 1 is 1.44 bits per heavy atom. The summed E-state index contributed by atoms with van der Waals surface area (Å²) in [4.78, 5) is 4.42. The first-order valence-electron chi connectivity index (χ1n) is 5.47. The Morgan fingerprint density at radius 3 is 3.00 bits per heavy atom. The minimum Gasteiger partial charge on any atom is -0.440 e. The molecule has 0 radical (unpaired) electrons. The van der Waals surface area contributed by atoms with Gasteiger partial charge < -0.3 is 9.73 Å². The molecule has 1 aromatic carbocycles. The SMILES string of the molecule is CCNCCc1nc2cc(Cl)cc(C)c2o1. The normalized spacial score (nSPS) is 11.2. The first-order chi connectivity index (χ1) is 7.70. The molecule has 0 aliphatic carbocycles. The fourth-order valence-corrected chi connectivity index (χ4v) is 1.95. The Hall–Kier alpha value is -1.06. The van der Waals surface area contributed by atoms with Crippen LogP contribution in [0.5, 0.6) is 0 Å². The summed E-state index contributed by atoms with van der Waals surface area (Å²) >= 11 is 5.97. The number of nitrogens with zero attached hydrogens (tertiary/aromatic N) is 1. The van der Waals surface area contributed by atoms with E-state index < -0.39 is 0 Å². The first kappa shape index (κ1) is 11.4.